The van der Waals surface area contributed by atoms with Crippen molar-refractivity contribution in [2.75, 3.05) is 31.0 Å². The van der Waals surface area contributed by atoms with Crippen LogP contribution >= 0.6 is 0 Å². The molecule has 0 radical (unpaired) electrons. The van der Waals surface area contributed by atoms with Crippen molar-refractivity contribution in [2.24, 2.45) is 5.92 Å². The molecule has 0 heterocycles. The number of esters is 1. The second kappa shape index (κ2) is 12.5. The van der Waals surface area contributed by atoms with E-state index in [9.17, 15) is 9.59 Å². The molecule has 3 aromatic carbocycles. The Kier molecular flexibility index (Phi) is 8.95. The second-order valence-corrected chi connectivity index (χ2v) is 9.96. The van der Waals surface area contributed by atoms with E-state index in [2.05, 4.69) is 4.74 Å². The number of ether oxygens (including phenoxy) is 1. The van der Waals surface area contributed by atoms with E-state index >= 15 is 4.39 Å². The van der Waals surface area contributed by atoms with Gasteiger partial charge in [-0.15, -0.1) is 0 Å². The summed E-state index contributed by atoms with van der Waals surface area (Å²) in [5, 5.41) is 0. The highest BCUT2D eigenvalue weighted by Gasteiger charge is 2.28. The van der Waals surface area contributed by atoms with Gasteiger partial charge in [-0.05, 0) is 65.9 Å². The third-order valence-electron chi connectivity index (χ3n) is 7.11. The largest absolute Gasteiger partial charge is 0.466 e. The van der Waals surface area contributed by atoms with E-state index in [1.54, 1.807) is 23.1 Å². The smallest absolute Gasteiger partial charge is 0.330 e. The first-order valence-corrected chi connectivity index (χ1v) is 13.1. The van der Waals surface area contributed by atoms with E-state index in [0.717, 1.165) is 54.5 Å². The number of carbonyl (C=O) groups is 2. The Morgan fingerprint density at radius 1 is 0.921 bits per heavy atom. The summed E-state index contributed by atoms with van der Waals surface area (Å²) in [6.07, 6.45) is 7.89. The zero-order valence-corrected chi connectivity index (χ0v) is 22.3. The first kappa shape index (κ1) is 27.1. The lowest BCUT2D eigenvalue weighted by molar-refractivity contribution is -0.134. The number of carbonyl (C=O) groups excluding carboxylic acids is 2. The minimum Gasteiger partial charge on any atom is -0.466 e. The van der Waals surface area contributed by atoms with Crippen LogP contribution < -0.4 is 9.80 Å². The molecule has 1 fully saturated rings. The number of rotatable bonds is 8. The van der Waals surface area contributed by atoms with Gasteiger partial charge in [0.1, 0.15) is 5.82 Å². The molecule has 0 N–H and O–H groups in total. The minimum atomic E-state index is -0.455. The molecule has 0 spiro atoms. The fourth-order valence-electron chi connectivity index (χ4n) is 4.87. The molecule has 3 aromatic rings. The van der Waals surface area contributed by atoms with E-state index in [0.29, 0.717) is 11.3 Å². The van der Waals surface area contributed by atoms with Crippen LogP contribution in [0.25, 0.3) is 17.2 Å². The van der Waals surface area contributed by atoms with Crippen LogP contribution in [0.2, 0.25) is 0 Å². The van der Waals surface area contributed by atoms with Crippen LogP contribution in [0.4, 0.5) is 15.8 Å². The molecule has 6 heteroatoms. The van der Waals surface area contributed by atoms with Crippen LogP contribution in [0.5, 0.6) is 0 Å². The predicted molar refractivity (Wildman–Crippen MR) is 151 cm³/mol. The number of benzene rings is 3. The minimum absolute atomic E-state index is 0.0153. The van der Waals surface area contributed by atoms with Crippen molar-refractivity contribution in [3.63, 3.8) is 0 Å². The van der Waals surface area contributed by atoms with Crippen molar-refractivity contribution >= 4 is 29.3 Å². The highest BCUT2D eigenvalue weighted by atomic mass is 19.1. The summed E-state index contributed by atoms with van der Waals surface area (Å²) < 4.78 is 20.1. The van der Waals surface area contributed by atoms with Gasteiger partial charge in [0.15, 0.2) is 0 Å². The summed E-state index contributed by atoms with van der Waals surface area (Å²) in [7, 11) is 5.29. The summed E-state index contributed by atoms with van der Waals surface area (Å²) in [6.45, 7) is 0.130. The summed E-state index contributed by atoms with van der Waals surface area (Å²) >= 11 is 0. The average molecular weight is 515 g/mol. The molecule has 0 unspecified atom stereocenters. The molecular formula is C32H35FN2O3. The molecule has 38 heavy (non-hydrogen) atoms. The molecule has 0 bridgehead atoms. The molecule has 0 atom stereocenters. The highest BCUT2D eigenvalue weighted by molar-refractivity contribution is 5.95. The van der Waals surface area contributed by atoms with Crippen molar-refractivity contribution in [2.45, 2.75) is 38.6 Å². The van der Waals surface area contributed by atoms with Crippen molar-refractivity contribution in [3.05, 3.63) is 89.8 Å². The van der Waals surface area contributed by atoms with Gasteiger partial charge in [0, 0.05) is 43.0 Å². The maximum Gasteiger partial charge on any atom is 0.330 e. The van der Waals surface area contributed by atoms with Gasteiger partial charge in [0.2, 0.25) is 5.91 Å². The summed E-state index contributed by atoms with van der Waals surface area (Å²) in [5.74, 6) is -0.858. The topological polar surface area (TPSA) is 49.9 Å². The fraction of sp³-hybridized carbons (Fsp3) is 0.312. The van der Waals surface area contributed by atoms with Crippen LogP contribution in [0.15, 0.2) is 72.8 Å². The number of methoxy groups -OCH3 is 1. The maximum absolute atomic E-state index is 15.4. The number of halogens is 1. The monoisotopic (exact) mass is 514 g/mol. The van der Waals surface area contributed by atoms with Gasteiger partial charge in [-0.2, -0.15) is 0 Å². The Balaban J connectivity index is 1.63. The van der Waals surface area contributed by atoms with Crippen molar-refractivity contribution in [3.8, 4) is 11.1 Å². The molecule has 5 nitrogen and oxygen atoms in total. The molecule has 1 aliphatic rings. The van der Waals surface area contributed by atoms with Crippen molar-refractivity contribution in [1.82, 2.24) is 0 Å². The van der Waals surface area contributed by atoms with Gasteiger partial charge in [-0.25, -0.2) is 9.18 Å². The van der Waals surface area contributed by atoms with Gasteiger partial charge in [-0.1, -0.05) is 55.7 Å². The van der Waals surface area contributed by atoms with E-state index < -0.39 is 5.97 Å². The summed E-state index contributed by atoms with van der Waals surface area (Å²) in [4.78, 5) is 29.0. The molecule has 0 aliphatic heterocycles. The Morgan fingerprint density at radius 3 is 2.29 bits per heavy atom. The first-order chi connectivity index (χ1) is 18.4. The third-order valence-corrected chi connectivity index (χ3v) is 7.11. The molecule has 1 aliphatic carbocycles. The molecule has 0 aromatic heterocycles. The molecular weight excluding hydrogens is 479 g/mol. The molecule has 4 rings (SSSR count). The first-order valence-electron chi connectivity index (χ1n) is 13.1. The number of amides is 1. The highest BCUT2D eigenvalue weighted by Crippen LogP contribution is 2.31. The van der Waals surface area contributed by atoms with Gasteiger partial charge in [-0.3, -0.25) is 4.79 Å². The average Bonchev–Trinajstić information content (AvgIpc) is 2.95. The van der Waals surface area contributed by atoms with Gasteiger partial charge in [0.05, 0.1) is 13.7 Å². The fourth-order valence-corrected chi connectivity index (χ4v) is 4.87. The summed E-state index contributed by atoms with van der Waals surface area (Å²) in [5.41, 5.74) is 4.68. The summed E-state index contributed by atoms with van der Waals surface area (Å²) in [6, 6.07) is 20.6. The van der Waals surface area contributed by atoms with Crippen LogP contribution in [0, 0.1) is 11.7 Å². The SMILES string of the molecule is COC(=O)C=Cc1cccc(N(Cc2ccc(-c3ccc(N(C)C)cc3)cc2F)C(=O)C2CCCCC2)c1. The lowest BCUT2D eigenvalue weighted by Crippen LogP contribution is -2.37. The quantitative estimate of drug-likeness (QED) is 0.243. The van der Waals surface area contributed by atoms with Crippen LogP contribution in [-0.2, 0) is 20.9 Å². The lowest BCUT2D eigenvalue weighted by Gasteiger charge is -2.30. The molecule has 0 saturated heterocycles. The van der Waals surface area contributed by atoms with E-state index in [-0.39, 0.29) is 24.2 Å². The Morgan fingerprint density at radius 2 is 1.63 bits per heavy atom. The van der Waals surface area contributed by atoms with Crippen LogP contribution in [0.3, 0.4) is 0 Å². The van der Waals surface area contributed by atoms with Crippen molar-refractivity contribution in [1.29, 1.82) is 0 Å². The molecule has 1 amide bonds. The number of hydrogen-bond donors (Lipinski definition) is 0. The molecule has 198 valence electrons. The van der Waals surface area contributed by atoms with Gasteiger partial charge < -0.3 is 14.5 Å². The van der Waals surface area contributed by atoms with Crippen LogP contribution in [-0.4, -0.2) is 33.1 Å². The van der Waals surface area contributed by atoms with E-state index in [1.165, 1.54) is 13.2 Å². The molecule has 1 saturated carbocycles. The second-order valence-electron chi connectivity index (χ2n) is 9.96. The predicted octanol–water partition coefficient (Wildman–Crippen LogP) is 6.86. The maximum atomic E-state index is 15.4. The van der Waals surface area contributed by atoms with Gasteiger partial charge in [0.25, 0.3) is 0 Å². The van der Waals surface area contributed by atoms with E-state index in [1.807, 2.05) is 73.6 Å². The normalized spacial score (nSPS) is 13.9. The Hall–Kier alpha value is -3.93. The number of nitrogens with zero attached hydrogens (tertiary/aromatic N) is 2. The van der Waals surface area contributed by atoms with Crippen molar-refractivity contribution < 1.29 is 18.7 Å². The Labute approximate surface area is 224 Å². The third kappa shape index (κ3) is 6.68. The lowest BCUT2D eigenvalue weighted by atomic mass is 9.88. The van der Waals surface area contributed by atoms with Gasteiger partial charge >= 0.3 is 5.97 Å². The Bertz CT molecular complexity index is 1290. The number of hydrogen-bond acceptors (Lipinski definition) is 4. The zero-order valence-electron chi connectivity index (χ0n) is 22.3. The standard InChI is InChI=1S/C32H35FN2O3/c1-34(2)28-17-15-24(16-18-28)26-13-14-27(30(33)21-26)22-35(32(37)25-9-5-4-6-10-25)29-11-7-8-23(20-29)12-19-31(36)38-3/h7-8,11-21,25H,4-6,9-10,22H2,1-3H3. The zero-order chi connectivity index (χ0) is 27.1. The van der Waals surface area contributed by atoms with Crippen LogP contribution in [0.1, 0.15) is 43.2 Å². The number of anilines is 2. The van der Waals surface area contributed by atoms with E-state index in [4.69, 9.17) is 0 Å².